The molecular formula is C10H19N3. The molecule has 3 heteroatoms. The van der Waals surface area contributed by atoms with E-state index in [4.69, 9.17) is 5.73 Å². The Hall–Kier alpha value is -0.730. The first-order chi connectivity index (χ1) is 6.13. The highest BCUT2D eigenvalue weighted by atomic mass is 15.3. The highest BCUT2D eigenvalue weighted by Crippen LogP contribution is 2.43. The fraction of sp³-hybridized carbons (Fsp3) is 0.900. The van der Waals surface area contributed by atoms with Crippen molar-refractivity contribution < 1.29 is 0 Å². The third-order valence-electron chi connectivity index (χ3n) is 3.81. The van der Waals surface area contributed by atoms with Gasteiger partial charge in [-0.3, -0.25) is 4.99 Å². The Balaban J connectivity index is 2.10. The number of hydrogen-bond donors (Lipinski definition) is 1. The maximum absolute atomic E-state index is 5.77. The van der Waals surface area contributed by atoms with Crippen LogP contribution in [0.1, 0.15) is 32.6 Å². The second-order valence-corrected chi connectivity index (χ2v) is 4.69. The quantitative estimate of drug-likeness (QED) is 0.660. The molecule has 1 atom stereocenters. The first-order valence-corrected chi connectivity index (χ1v) is 5.16. The van der Waals surface area contributed by atoms with Gasteiger partial charge in [0.05, 0.1) is 12.6 Å². The van der Waals surface area contributed by atoms with E-state index in [0.717, 1.165) is 12.5 Å². The van der Waals surface area contributed by atoms with Gasteiger partial charge in [0.25, 0.3) is 0 Å². The molecule has 1 unspecified atom stereocenters. The molecular weight excluding hydrogens is 162 g/mol. The number of hydrogen-bond acceptors (Lipinski definition) is 3. The van der Waals surface area contributed by atoms with Crippen LogP contribution in [-0.2, 0) is 0 Å². The predicted molar refractivity (Wildman–Crippen MR) is 54.6 cm³/mol. The number of aliphatic imine (C=N–C) groups is 1. The monoisotopic (exact) mass is 181 g/mol. The summed E-state index contributed by atoms with van der Waals surface area (Å²) >= 11 is 0. The van der Waals surface area contributed by atoms with Crippen molar-refractivity contribution in [1.82, 2.24) is 4.90 Å². The highest BCUT2D eigenvalue weighted by Gasteiger charge is 2.41. The Bertz CT molecular complexity index is 228. The molecule has 0 radical (unpaired) electrons. The Morgan fingerprint density at radius 3 is 2.54 bits per heavy atom. The molecule has 0 aromatic heterocycles. The third-order valence-corrected chi connectivity index (χ3v) is 3.81. The summed E-state index contributed by atoms with van der Waals surface area (Å²) in [6, 6.07) is 0.551. The minimum Gasteiger partial charge on any atom is -0.370 e. The molecule has 1 aliphatic carbocycles. The molecule has 1 aliphatic heterocycles. The van der Waals surface area contributed by atoms with Crippen LogP contribution in [0, 0.1) is 5.41 Å². The molecule has 0 saturated heterocycles. The Labute approximate surface area is 80.0 Å². The molecule has 74 valence electrons. The van der Waals surface area contributed by atoms with E-state index in [1.807, 2.05) is 0 Å². The van der Waals surface area contributed by atoms with Gasteiger partial charge in [0.1, 0.15) is 0 Å². The van der Waals surface area contributed by atoms with E-state index in [1.165, 1.54) is 25.7 Å². The lowest BCUT2D eigenvalue weighted by Crippen LogP contribution is -2.46. The third kappa shape index (κ3) is 1.30. The van der Waals surface area contributed by atoms with Gasteiger partial charge in [-0.05, 0) is 18.3 Å². The molecule has 3 nitrogen and oxygen atoms in total. The van der Waals surface area contributed by atoms with Gasteiger partial charge in [-0.2, -0.15) is 0 Å². The fourth-order valence-corrected chi connectivity index (χ4v) is 2.78. The van der Waals surface area contributed by atoms with Gasteiger partial charge in [0, 0.05) is 7.05 Å². The van der Waals surface area contributed by atoms with Crippen LogP contribution in [0.2, 0.25) is 0 Å². The smallest absolute Gasteiger partial charge is 0.191 e. The number of likely N-dealkylation sites (N-methyl/N-ethyl adjacent to an activating group) is 1. The molecule has 1 saturated carbocycles. The maximum Gasteiger partial charge on any atom is 0.191 e. The molecule has 0 aromatic carbocycles. The minimum atomic E-state index is 0.458. The van der Waals surface area contributed by atoms with Crippen molar-refractivity contribution in [2.24, 2.45) is 16.1 Å². The standard InChI is InChI=1S/C10H19N3/c1-10(5-3-4-6-10)8-7-12-9(11)13(8)2/h8H,3-7H2,1-2H3,(H2,11,12). The van der Waals surface area contributed by atoms with E-state index in [-0.39, 0.29) is 0 Å². The number of nitrogens with zero attached hydrogens (tertiary/aromatic N) is 2. The lowest BCUT2D eigenvalue weighted by atomic mass is 9.80. The van der Waals surface area contributed by atoms with Crippen LogP contribution < -0.4 is 5.73 Å². The van der Waals surface area contributed by atoms with Gasteiger partial charge in [-0.15, -0.1) is 0 Å². The van der Waals surface area contributed by atoms with Crippen LogP contribution in [0.5, 0.6) is 0 Å². The van der Waals surface area contributed by atoms with Crippen molar-refractivity contribution in [1.29, 1.82) is 0 Å². The predicted octanol–water partition coefficient (Wildman–Crippen LogP) is 1.20. The van der Waals surface area contributed by atoms with E-state index >= 15 is 0 Å². The first kappa shape index (κ1) is 8.85. The Kier molecular flexibility index (Phi) is 1.97. The van der Waals surface area contributed by atoms with Crippen molar-refractivity contribution in [2.45, 2.75) is 38.6 Å². The van der Waals surface area contributed by atoms with Gasteiger partial charge in [0.2, 0.25) is 0 Å². The molecule has 13 heavy (non-hydrogen) atoms. The van der Waals surface area contributed by atoms with Crippen LogP contribution >= 0.6 is 0 Å². The normalized spacial score (nSPS) is 32.3. The molecule has 0 amide bonds. The topological polar surface area (TPSA) is 41.6 Å². The molecule has 1 fully saturated rings. The zero-order valence-electron chi connectivity index (χ0n) is 8.58. The lowest BCUT2D eigenvalue weighted by molar-refractivity contribution is 0.175. The van der Waals surface area contributed by atoms with E-state index in [1.54, 1.807) is 0 Å². The molecule has 0 spiro atoms. The number of guanidine groups is 1. The summed E-state index contributed by atoms with van der Waals surface area (Å²) < 4.78 is 0. The van der Waals surface area contributed by atoms with E-state index in [9.17, 15) is 0 Å². The Morgan fingerprint density at radius 1 is 1.46 bits per heavy atom. The van der Waals surface area contributed by atoms with Crippen molar-refractivity contribution in [3.05, 3.63) is 0 Å². The zero-order chi connectivity index (χ0) is 9.47. The Morgan fingerprint density at radius 2 is 2.08 bits per heavy atom. The summed E-state index contributed by atoms with van der Waals surface area (Å²) in [4.78, 5) is 6.47. The molecule has 2 rings (SSSR count). The van der Waals surface area contributed by atoms with Gasteiger partial charge in [-0.1, -0.05) is 19.8 Å². The van der Waals surface area contributed by atoms with Crippen molar-refractivity contribution in [2.75, 3.05) is 13.6 Å². The van der Waals surface area contributed by atoms with E-state index in [0.29, 0.717) is 11.5 Å². The van der Waals surface area contributed by atoms with Crippen LogP contribution in [0.3, 0.4) is 0 Å². The van der Waals surface area contributed by atoms with Crippen molar-refractivity contribution >= 4 is 5.96 Å². The van der Waals surface area contributed by atoms with E-state index < -0.39 is 0 Å². The molecule has 2 aliphatic rings. The average Bonchev–Trinajstić information content (AvgIpc) is 2.63. The SMILES string of the molecule is CN1C(N)=NCC1C1(C)CCCC1. The summed E-state index contributed by atoms with van der Waals surface area (Å²) in [5, 5.41) is 0. The second-order valence-electron chi connectivity index (χ2n) is 4.69. The maximum atomic E-state index is 5.77. The van der Waals surface area contributed by atoms with Crippen molar-refractivity contribution in [3.63, 3.8) is 0 Å². The number of rotatable bonds is 1. The molecule has 1 heterocycles. The first-order valence-electron chi connectivity index (χ1n) is 5.16. The second kappa shape index (κ2) is 2.89. The van der Waals surface area contributed by atoms with Crippen molar-refractivity contribution in [3.8, 4) is 0 Å². The summed E-state index contributed by atoms with van der Waals surface area (Å²) in [7, 11) is 2.07. The average molecular weight is 181 g/mol. The summed E-state index contributed by atoms with van der Waals surface area (Å²) in [6.07, 6.45) is 5.43. The van der Waals surface area contributed by atoms with Crippen LogP contribution in [-0.4, -0.2) is 30.5 Å². The minimum absolute atomic E-state index is 0.458. The molecule has 2 N–H and O–H groups in total. The number of nitrogens with two attached hydrogens (primary N) is 1. The largest absolute Gasteiger partial charge is 0.370 e. The van der Waals surface area contributed by atoms with E-state index in [2.05, 4.69) is 23.9 Å². The van der Waals surface area contributed by atoms with Gasteiger partial charge in [-0.25, -0.2) is 0 Å². The summed E-state index contributed by atoms with van der Waals surface area (Å²) in [5.74, 6) is 0.720. The van der Waals surface area contributed by atoms with Gasteiger partial charge >= 0.3 is 0 Å². The van der Waals surface area contributed by atoms with Gasteiger partial charge in [0.15, 0.2) is 5.96 Å². The lowest BCUT2D eigenvalue weighted by Gasteiger charge is -2.36. The highest BCUT2D eigenvalue weighted by molar-refractivity contribution is 5.80. The fourth-order valence-electron chi connectivity index (χ4n) is 2.78. The summed E-state index contributed by atoms with van der Waals surface area (Å²) in [5.41, 5.74) is 6.23. The van der Waals surface area contributed by atoms with Crippen LogP contribution in [0.15, 0.2) is 4.99 Å². The zero-order valence-corrected chi connectivity index (χ0v) is 8.58. The van der Waals surface area contributed by atoms with Gasteiger partial charge < -0.3 is 10.6 Å². The van der Waals surface area contributed by atoms with Crippen LogP contribution in [0.25, 0.3) is 0 Å². The van der Waals surface area contributed by atoms with Crippen LogP contribution in [0.4, 0.5) is 0 Å². The molecule has 0 aromatic rings. The molecule has 0 bridgehead atoms. The summed E-state index contributed by atoms with van der Waals surface area (Å²) in [6.45, 7) is 3.29.